The third-order valence-electron chi connectivity index (χ3n) is 5.18. The minimum Gasteiger partial charge on any atom is -0.0616 e. The van der Waals surface area contributed by atoms with Crippen LogP contribution in [-0.2, 0) is 0 Å². The van der Waals surface area contributed by atoms with Crippen molar-refractivity contribution in [3.05, 3.63) is 71.8 Å². The van der Waals surface area contributed by atoms with Gasteiger partial charge in [-0.1, -0.05) is 60.7 Å². The highest BCUT2D eigenvalue weighted by atomic mass is 14.3. The van der Waals surface area contributed by atoms with Crippen molar-refractivity contribution in [3.8, 4) is 22.3 Å². The molecule has 0 amide bonds. The second-order valence-electron chi connectivity index (χ2n) is 6.25. The van der Waals surface area contributed by atoms with Crippen LogP contribution in [0.25, 0.3) is 43.8 Å². The number of rotatable bonds is 0. The zero-order valence-electron chi connectivity index (χ0n) is 12.8. The fourth-order valence-electron chi connectivity index (χ4n) is 4.21. The van der Waals surface area contributed by atoms with E-state index in [4.69, 9.17) is 0 Å². The van der Waals surface area contributed by atoms with Crippen molar-refractivity contribution in [2.45, 2.75) is 13.8 Å². The zero-order valence-corrected chi connectivity index (χ0v) is 12.8. The first-order valence-corrected chi connectivity index (χ1v) is 7.82. The van der Waals surface area contributed by atoms with Crippen LogP contribution in [-0.4, -0.2) is 0 Å². The summed E-state index contributed by atoms with van der Waals surface area (Å²) in [6, 6.07) is 22.1. The van der Waals surface area contributed by atoms with Crippen molar-refractivity contribution in [1.29, 1.82) is 0 Å². The Morgan fingerprint density at radius 1 is 0.545 bits per heavy atom. The Hall–Kier alpha value is -2.60. The van der Waals surface area contributed by atoms with E-state index in [0.29, 0.717) is 0 Å². The van der Waals surface area contributed by atoms with E-state index < -0.39 is 0 Å². The van der Waals surface area contributed by atoms with E-state index in [2.05, 4.69) is 74.5 Å². The molecule has 0 heteroatoms. The molecule has 0 aliphatic heterocycles. The molecule has 4 aromatic rings. The number of fused-ring (bicyclic) bond motifs is 4. The van der Waals surface area contributed by atoms with Gasteiger partial charge < -0.3 is 0 Å². The molecule has 1 aliphatic rings. The molecule has 0 radical (unpaired) electrons. The molecule has 0 spiro atoms. The smallest absolute Gasteiger partial charge is 0.00262 e. The molecule has 0 fully saturated rings. The Morgan fingerprint density at radius 2 is 1.05 bits per heavy atom. The van der Waals surface area contributed by atoms with E-state index in [1.165, 1.54) is 54.9 Å². The van der Waals surface area contributed by atoms with Gasteiger partial charge in [0.15, 0.2) is 0 Å². The highest BCUT2D eigenvalue weighted by Crippen LogP contribution is 2.51. The summed E-state index contributed by atoms with van der Waals surface area (Å²) in [5.41, 5.74) is 8.47. The van der Waals surface area contributed by atoms with E-state index >= 15 is 0 Å². The van der Waals surface area contributed by atoms with E-state index in [1.54, 1.807) is 0 Å². The van der Waals surface area contributed by atoms with Crippen molar-refractivity contribution in [2.75, 3.05) is 0 Å². The summed E-state index contributed by atoms with van der Waals surface area (Å²) >= 11 is 0. The predicted octanol–water partition coefficient (Wildman–Crippen LogP) is 6.26. The molecule has 0 nitrogen and oxygen atoms in total. The fourth-order valence-corrected chi connectivity index (χ4v) is 4.21. The summed E-state index contributed by atoms with van der Waals surface area (Å²) in [5, 5.41) is 5.52. The lowest BCUT2D eigenvalue weighted by Gasteiger charge is -2.14. The molecular weight excluding hydrogens is 264 g/mol. The van der Waals surface area contributed by atoms with Crippen molar-refractivity contribution in [1.82, 2.24) is 0 Å². The molecule has 0 unspecified atom stereocenters. The number of aryl methyl sites for hydroxylation is 2. The summed E-state index contributed by atoms with van der Waals surface area (Å²) < 4.78 is 0. The first kappa shape index (κ1) is 12.0. The van der Waals surface area contributed by atoms with Crippen LogP contribution in [0.1, 0.15) is 11.1 Å². The monoisotopic (exact) mass is 280 g/mol. The molecule has 0 heterocycles. The van der Waals surface area contributed by atoms with Crippen LogP contribution >= 0.6 is 0 Å². The van der Waals surface area contributed by atoms with Crippen LogP contribution in [0, 0.1) is 13.8 Å². The molecule has 22 heavy (non-hydrogen) atoms. The Bertz CT molecular complexity index is 1000. The summed E-state index contributed by atoms with van der Waals surface area (Å²) in [5.74, 6) is 0. The SMILES string of the molecule is Cc1c2c(c(C)c3ccccc13)-c1cccc3cccc-2c13. The molecule has 0 saturated carbocycles. The maximum absolute atomic E-state index is 2.28. The highest BCUT2D eigenvalue weighted by Gasteiger charge is 2.25. The quantitative estimate of drug-likeness (QED) is 0.314. The Morgan fingerprint density at radius 3 is 1.55 bits per heavy atom. The Labute approximate surface area is 130 Å². The van der Waals surface area contributed by atoms with Crippen LogP contribution in [0.3, 0.4) is 0 Å². The maximum Gasteiger partial charge on any atom is -0.00262 e. The third-order valence-corrected chi connectivity index (χ3v) is 5.18. The molecule has 5 rings (SSSR count). The van der Waals surface area contributed by atoms with Gasteiger partial charge >= 0.3 is 0 Å². The first-order chi connectivity index (χ1) is 10.8. The van der Waals surface area contributed by atoms with Crippen LogP contribution in [0.2, 0.25) is 0 Å². The van der Waals surface area contributed by atoms with Crippen LogP contribution in [0.5, 0.6) is 0 Å². The number of hydrogen-bond acceptors (Lipinski definition) is 0. The lowest BCUT2D eigenvalue weighted by molar-refractivity contribution is 1.47. The summed E-state index contributed by atoms with van der Waals surface area (Å²) in [4.78, 5) is 0. The molecule has 1 aliphatic carbocycles. The molecular formula is C22H16. The van der Waals surface area contributed by atoms with Gasteiger partial charge in [0.2, 0.25) is 0 Å². The Balaban J connectivity index is 2.10. The third kappa shape index (κ3) is 1.28. The highest BCUT2D eigenvalue weighted by molar-refractivity contribution is 6.19. The average Bonchev–Trinajstić information content (AvgIpc) is 2.90. The zero-order chi connectivity index (χ0) is 14.8. The fraction of sp³-hybridized carbons (Fsp3) is 0.0909. The van der Waals surface area contributed by atoms with Gasteiger partial charge in [-0.05, 0) is 68.8 Å². The minimum atomic E-state index is 1.34. The normalized spacial score (nSPS) is 12.1. The van der Waals surface area contributed by atoms with Gasteiger partial charge in [0.05, 0.1) is 0 Å². The summed E-state index contributed by atoms with van der Waals surface area (Å²) in [6.07, 6.45) is 0. The van der Waals surface area contributed by atoms with Crippen LogP contribution in [0.15, 0.2) is 60.7 Å². The second kappa shape index (κ2) is 3.98. The molecule has 0 N–H and O–H groups in total. The molecule has 0 atom stereocenters. The van der Waals surface area contributed by atoms with Gasteiger partial charge in [-0.2, -0.15) is 0 Å². The first-order valence-electron chi connectivity index (χ1n) is 7.82. The minimum absolute atomic E-state index is 1.34. The average molecular weight is 280 g/mol. The van der Waals surface area contributed by atoms with E-state index in [9.17, 15) is 0 Å². The van der Waals surface area contributed by atoms with Gasteiger partial charge in [0.1, 0.15) is 0 Å². The molecule has 0 saturated heterocycles. The lowest BCUT2D eigenvalue weighted by atomic mass is 9.89. The van der Waals surface area contributed by atoms with E-state index in [-0.39, 0.29) is 0 Å². The Kier molecular flexibility index (Phi) is 2.17. The van der Waals surface area contributed by atoms with Gasteiger partial charge in [0, 0.05) is 0 Å². The van der Waals surface area contributed by atoms with E-state index in [1.807, 2.05) is 0 Å². The van der Waals surface area contributed by atoms with Gasteiger partial charge in [0.25, 0.3) is 0 Å². The predicted molar refractivity (Wildman–Crippen MR) is 95.4 cm³/mol. The van der Waals surface area contributed by atoms with Crippen molar-refractivity contribution in [3.63, 3.8) is 0 Å². The van der Waals surface area contributed by atoms with Crippen molar-refractivity contribution in [2.24, 2.45) is 0 Å². The number of hydrogen-bond donors (Lipinski definition) is 0. The van der Waals surface area contributed by atoms with Crippen LogP contribution < -0.4 is 0 Å². The molecule has 0 aromatic heterocycles. The maximum atomic E-state index is 2.28. The molecule has 4 aromatic carbocycles. The summed E-state index contributed by atoms with van der Waals surface area (Å²) in [7, 11) is 0. The molecule has 0 bridgehead atoms. The van der Waals surface area contributed by atoms with E-state index in [0.717, 1.165) is 0 Å². The largest absolute Gasteiger partial charge is 0.0616 e. The molecule has 104 valence electrons. The van der Waals surface area contributed by atoms with Gasteiger partial charge in [-0.15, -0.1) is 0 Å². The second-order valence-corrected chi connectivity index (χ2v) is 6.25. The number of benzene rings is 4. The standard InChI is InChI=1S/C22H16/c1-13-16-9-3-4-10-17(16)14(2)21-19-12-6-8-15-7-5-11-18(20(13)21)22(15)19/h3-12H,1-2H3. The van der Waals surface area contributed by atoms with Crippen molar-refractivity contribution >= 4 is 21.5 Å². The van der Waals surface area contributed by atoms with Gasteiger partial charge in [-0.25, -0.2) is 0 Å². The van der Waals surface area contributed by atoms with Crippen LogP contribution in [0.4, 0.5) is 0 Å². The van der Waals surface area contributed by atoms with Crippen molar-refractivity contribution < 1.29 is 0 Å². The van der Waals surface area contributed by atoms with Gasteiger partial charge in [-0.3, -0.25) is 0 Å². The topological polar surface area (TPSA) is 0 Å². The lowest BCUT2D eigenvalue weighted by Crippen LogP contribution is -1.90. The summed E-state index contributed by atoms with van der Waals surface area (Å²) in [6.45, 7) is 4.54.